The number of nitrogens with two attached hydrogens (primary N) is 1. The third kappa shape index (κ3) is 3.00. The zero-order valence-corrected chi connectivity index (χ0v) is 9.34. The third-order valence-electron chi connectivity index (χ3n) is 2.66. The molecule has 1 aromatic rings. The molecule has 0 spiro atoms. The molecule has 0 aliphatic carbocycles. The Balaban J connectivity index is 2.94. The highest BCUT2D eigenvalue weighted by molar-refractivity contribution is 5.21. The Kier molecular flexibility index (Phi) is 4.38. The van der Waals surface area contributed by atoms with E-state index in [0.717, 1.165) is 0 Å². The number of rotatable bonds is 5. The van der Waals surface area contributed by atoms with Gasteiger partial charge in [0, 0.05) is 18.5 Å². The van der Waals surface area contributed by atoms with Crippen LogP contribution in [-0.2, 0) is 6.42 Å². The van der Waals surface area contributed by atoms with Gasteiger partial charge in [0.1, 0.15) is 11.6 Å². The smallest absolute Gasteiger partial charge is 0.129 e. The molecule has 0 saturated heterocycles. The van der Waals surface area contributed by atoms with Crippen molar-refractivity contribution < 1.29 is 13.9 Å². The first-order chi connectivity index (χ1) is 7.52. The molecule has 0 bridgehead atoms. The van der Waals surface area contributed by atoms with E-state index in [1.807, 2.05) is 6.92 Å². The first-order valence-corrected chi connectivity index (χ1v) is 5.38. The van der Waals surface area contributed by atoms with E-state index in [9.17, 15) is 13.9 Å². The first-order valence-electron chi connectivity index (χ1n) is 5.38. The van der Waals surface area contributed by atoms with Crippen LogP contribution in [0.1, 0.15) is 25.3 Å². The molecule has 3 N–H and O–H groups in total. The van der Waals surface area contributed by atoms with E-state index in [1.165, 1.54) is 18.2 Å². The van der Waals surface area contributed by atoms with Crippen molar-refractivity contribution >= 4 is 0 Å². The van der Waals surface area contributed by atoms with Gasteiger partial charge in [-0.05, 0) is 18.6 Å². The average molecular weight is 229 g/mol. The van der Waals surface area contributed by atoms with Crippen LogP contribution in [-0.4, -0.2) is 17.3 Å². The molecule has 1 aromatic carbocycles. The van der Waals surface area contributed by atoms with Crippen molar-refractivity contribution in [2.45, 2.75) is 31.8 Å². The highest BCUT2D eigenvalue weighted by Crippen LogP contribution is 2.22. The van der Waals surface area contributed by atoms with E-state index in [4.69, 9.17) is 5.73 Å². The van der Waals surface area contributed by atoms with Gasteiger partial charge in [0.05, 0.1) is 5.60 Å². The standard InChI is InChI=1S/C12H17F2NO/c1-2-6-12(16,8-15)7-9-10(13)4-3-5-11(9)14/h3-5,16H,2,6-8,15H2,1H3. The highest BCUT2D eigenvalue weighted by atomic mass is 19.1. The van der Waals surface area contributed by atoms with Crippen LogP contribution in [0.3, 0.4) is 0 Å². The molecule has 1 rings (SSSR count). The second-order valence-corrected chi connectivity index (χ2v) is 4.06. The fourth-order valence-corrected chi connectivity index (χ4v) is 1.76. The largest absolute Gasteiger partial charge is 0.388 e. The number of aliphatic hydroxyl groups is 1. The number of benzene rings is 1. The lowest BCUT2D eigenvalue weighted by atomic mass is 9.90. The maximum Gasteiger partial charge on any atom is 0.129 e. The predicted octanol–water partition coefficient (Wildman–Crippen LogP) is 2.00. The van der Waals surface area contributed by atoms with Crippen molar-refractivity contribution in [3.63, 3.8) is 0 Å². The summed E-state index contributed by atoms with van der Waals surface area (Å²) in [6.45, 7) is 1.88. The molecule has 1 atom stereocenters. The number of hydrogen-bond donors (Lipinski definition) is 2. The minimum Gasteiger partial charge on any atom is -0.388 e. The van der Waals surface area contributed by atoms with E-state index in [0.29, 0.717) is 12.8 Å². The van der Waals surface area contributed by atoms with Gasteiger partial charge in [-0.3, -0.25) is 0 Å². The molecular weight excluding hydrogens is 212 g/mol. The molecule has 0 aliphatic heterocycles. The molecule has 0 saturated carbocycles. The van der Waals surface area contributed by atoms with E-state index >= 15 is 0 Å². The van der Waals surface area contributed by atoms with Crippen molar-refractivity contribution in [3.8, 4) is 0 Å². The van der Waals surface area contributed by atoms with Gasteiger partial charge in [-0.25, -0.2) is 8.78 Å². The molecule has 16 heavy (non-hydrogen) atoms. The van der Waals surface area contributed by atoms with Gasteiger partial charge in [-0.15, -0.1) is 0 Å². The fraction of sp³-hybridized carbons (Fsp3) is 0.500. The fourth-order valence-electron chi connectivity index (χ4n) is 1.76. The van der Waals surface area contributed by atoms with Gasteiger partial charge >= 0.3 is 0 Å². The van der Waals surface area contributed by atoms with Crippen molar-refractivity contribution in [2.75, 3.05) is 6.54 Å². The molecule has 2 nitrogen and oxygen atoms in total. The highest BCUT2D eigenvalue weighted by Gasteiger charge is 2.27. The molecule has 0 fully saturated rings. The molecule has 0 aliphatic rings. The van der Waals surface area contributed by atoms with Gasteiger partial charge in [0.2, 0.25) is 0 Å². The Labute approximate surface area is 94.1 Å². The van der Waals surface area contributed by atoms with Crippen LogP contribution < -0.4 is 5.73 Å². The van der Waals surface area contributed by atoms with Crippen molar-refractivity contribution in [2.24, 2.45) is 5.73 Å². The molecule has 0 amide bonds. The molecule has 0 aromatic heterocycles. The minimum absolute atomic E-state index is 0.00534. The zero-order valence-electron chi connectivity index (χ0n) is 9.34. The topological polar surface area (TPSA) is 46.2 Å². The summed E-state index contributed by atoms with van der Waals surface area (Å²) in [6.07, 6.45) is 1.05. The van der Waals surface area contributed by atoms with Crippen molar-refractivity contribution in [1.29, 1.82) is 0 Å². The molecule has 4 heteroatoms. The summed E-state index contributed by atoms with van der Waals surface area (Å²) in [7, 11) is 0. The van der Waals surface area contributed by atoms with Crippen molar-refractivity contribution in [3.05, 3.63) is 35.4 Å². The monoisotopic (exact) mass is 229 g/mol. The summed E-state index contributed by atoms with van der Waals surface area (Å²) >= 11 is 0. The summed E-state index contributed by atoms with van der Waals surface area (Å²) in [5.74, 6) is -1.27. The van der Waals surface area contributed by atoms with Crippen LogP contribution >= 0.6 is 0 Å². The molecule has 0 radical (unpaired) electrons. The Morgan fingerprint density at radius 1 is 1.31 bits per heavy atom. The molecule has 1 unspecified atom stereocenters. The SMILES string of the molecule is CCCC(O)(CN)Cc1c(F)cccc1F. The van der Waals surface area contributed by atoms with Gasteiger partial charge in [-0.1, -0.05) is 19.4 Å². The predicted molar refractivity (Wildman–Crippen MR) is 59.0 cm³/mol. The van der Waals surface area contributed by atoms with Crippen LogP contribution in [0, 0.1) is 11.6 Å². The summed E-state index contributed by atoms with van der Waals surface area (Å²) < 4.78 is 26.7. The number of hydrogen-bond acceptors (Lipinski definition) is 2. The van der Waals surface area contributed by atoms with E-state index < -0.39 is 17.2 Å². The number of halogens is 2. The summed E-state index contributed by atoms with van der Waals surface area (Å²) in [5, 5.41) is 10.1. The van der Waals surface area contributed by atoms with Crippen LogP contribution in [0.5, 0.6) is 0 Å². The summed E-state index contributed by atoms with van der Waals surface area (Å²) in [6, 6.07) is 3.66. The molecule has 90 valence electrons. The minimum atomic E-state index is -1.22. The average Bonchev–Trinajstić information content (AvgIpc) is 2.24. The van der Waals surface area contributed by atoms with E-state index in [-0.39, 0.29) is 18.5 Å². The first kappa shape index (κ1) is 13.1. The zero-order chi connectivity index (χ0) is 12.2. The van der Waals surface area contributed by atoms with Crippen molar-refractivity contribution in [1.82, 2.24) is 0 Å². The van der Waals surface area contributed by atoms with Gasteiger partial charge in [0.15, 0.2) is 0 Å². The maximum absolute atomic E-state index is 13.4. The Bertz CT molecular complexity index is 337. The third-order valence-corrected chi connectivity index (χ3v) is 2.66. The van der Waals surface area contributed by atoms with Crippen LogP contribution in [0.15, 0.2) is 18.2 Å². The second kappa shape index (κ2) is 5.37. The summed E-state index contributed by atoms with van der Waals surface area (Å²) in [5.41, 5.74) is 4.13. The van der Waals surface area contributed by atoms with Gasteiger partial charge < -0.3 is 10.8 Å². The maximum atomic E-state index is 13.4. The van der Waals surface area contributed by atoms with Crippen LogP contribution in [0.25, 0.3) is 0 Å². The Hall–Kier alpha value is -1.00. The molecule has 0 heterocycles. The Morgan fingerprint density at radius 2 is 1.88 bits per heavy atom. The van der Waals surface area contributed by atoms with Crippen LogP contribution in [0.4, 0.5) is 8.78 Å². The quantitative estimate of drug-likeness (QED) is 0.811. The Morgan fingerprint density at radius 3 is 2.31 bits per heavy atom. The van der Waals surface area contributed by atoms with Crippen LogP contribution in [0.2, 0.25) is 0 Å². The second-order valence-electron chi connectivity index (χ2n) is 4.06. The lowest BCUT2D eigenvalue weighted by molar-refractivity contribution is 0.0382. The van der Waals surface area contributed by atoms with E-state index in [2.05, 4.69) is 0 Å². The molecular formula is C12H17F2NO. The summed E-state index contributed by atoms with van der Waals surface area (Å²) in [4.78, 5) is 0. The lowest BCUT2D eigenvalue weighted by Gasteiger charge is -2.26. The van der Waals surface area contributed by atoms with Gasteiger partial charge in [-0.2, -0.15) is 0 Å². The lowest BCUT2D eigenvalue weighted by Crippen LogP contribution is -2.40. The van der Waals surface area contributed by atoms with Gasteiger partial charge in [0.25, 0.3) is 0 Å². The van der Waals surface area contributed by atoms with E-state index in [1.54, 1.807) is 0 Å². The normalized spacial score (nSPS) is 14.8.